The van der Waals surface area contributed by atoms with Crippen molar-refractivity contribution in [1.29, 1.82) is 0 Å². The third-order valence-electron chi connectivity index (χ3n) is 2.92. The summed E-state index contributed by atoms with van der Waals surface area (Å²) in [6.45, 7) is 6.08. The summed E-state index contributed by atoms with van der Waals surface area (Å²) in [4.78, 5) is 26.8. The summed E-state index contributed by atoms with van der Waals surface area (Å²) in [5, 5.41) is 3.81. The number of hydrogen-bond acceptors (Lipinski definition) is 4. The molecule has 1 amide bonds. The van der Waals surface area contributed by atoms with Gasteiger partial charge in [0.1, 0.15) is 5.60 Å². The predicted molar refractivity (Wildman–Crippen MR) is 84.4 cm³/mol. The fourth-order valence-electron chi connectivity index (χ4n) is 2.11. The molecule has 0 radical (unpaired) electrons. The van der Waals surface area contributed by atoms with Gasteiger partial charge >= 0.3 is 6.09 Å². The molecule has 0 aliphatic heterocycles. The number of ether oxygens (including phenoxy) is 1. The smallest absolute Gasteiger partial charge is 0.407 e. The first-order chi connectivity index (χ1) is 10.3. The third kappa shape index (κ3) is 3.76. The zero-order valence-corrected chi connectivity index (χ0v) is 13.5. The normalized spacial score (nSPS) is 11.5. The number of halogens is 1. The van der Waals surface area contributed by atoms with Crippen molar-refractivity contribution >= 4 is 34.9 Å². The van der Waals surface area contributed by atoms with E-state index in [2.05, 4.69) is 10.3 Å². The van der Waals surface area contributed by atoms with Crippen molar-refractivity contribution in [2.45, 2.75) is 32.9 Å². The lowest BCUT2D eigenvalue weighted by Crippen LogP contribution is -2.34. The average molecular weight is 324 g/mol. The van der Waals surface area contributed by atoms with Crippen LogP contribution < -0.4 is 5.32 Å². The van der Waals surface area contributed by atoms with E-state index in [1.165, 1.54) is 0 Å². The fourth-order valence-corrected chi connectivity index (χ4v) is 2.38. The van der Waals surface area contributed by atoms with Crippen LogP contribution in [0.15, 0.2) is 18.3 Å². The summed E-state index contributed by atoms with van der Waals surface area (Å²) in [6, 6.07) is 3.52. The Bertz CT molecular complexity index is 704. The molecule has 0 fully saturated rings. The first-order valence-corrected chi connectivity index (χ1v) is 7.25. The predicted octanol–water partition coefficient (Wildman–Crippen LogP) is 3.03. The number of aldehydes is 1. The van der Waals surface area contributed by atoms with Gasteiger partial charge in [0.2, 0.25) is 0 Å². The number of pyridine rings is 1. The molecule has 2 aromatic rings. The summed E-state index contributed by atoms with van der Waals surface area (Å²) >= 11 is 6.10. The number of nitrogens with zero attached hydrogens (tertiary/aromatic N) is 2. The SMILES string of the molecule is CC(C)(C)OC(=O)NCCn1c(C=O)cc2ccnc(Cl)c21. The van der Waals surface area contributed by atoms with Crippen molar-refractivity contribution in [3.05, 3.63) is 29.2 Å². The molecular weight excluding hydrogens is 306 g/mol. The lowest BCUT2D eigenvalue weighted by atomic mass is 10.2. The van der Waals surface area contributed by atoms with Gasteiger partial charge in [-0.15, -0.1) is 0 Å². The molecule has 0 aliphatic rings. The van der Waals surface area contributed by atoms with E-state index in [1.54, 1.807) is 43.7 Å². The fraction of sp³-hybridized carbons (Fsp3) is 0.400. The van der Waals surface area contributed by atoms with Crippen molar-refractivity contribution in [1.82, 2.24) is 14.9 Å². The molecule has 0 saturated heterocycles. The van der Waals surface area contributed by atoms with E-state index in [1.807, 2.05) is 0 Å². The molecule has 0 aliphatic carbocycles. The summed E-state index contributed by atoms with van der Waals surface area (Å²) in [7, 11) is 0. The maximum atomic E-state index is 11.6. The van der Waals surface area contributed by atoms with Gasteiger partial charge in [-0.1, -0.05) is 11.6 Å². The number of alkyl carbamates (subject to hydrolysis) is 1. The molecule has 2 heterocycles. The van der Waals surface area contributed by atoms with Gasteiger partial charge in [0.05, 0.1) is 11.2 Å². The average Bonchev–Trinajstić information content (AvgIpc) is 2.76. The maximum absolute atomic E-state index is 11.6. The van der Waals surface area contributed by atoms with Crippen LogP contribution in [0.1, 0.15) is 31.3 Å². The Kier molecular flexibility index (Phi) is 4.71. The zero-order valence-electron chi connectivity index (χ0n) is 12.7. The number of hydrogen-bond donors (Lipinski definition) is 1. The summed E-state index contributed by atoms with van der Waals surface area (Å²) in [5.74, 6) is 0. The topological polar surface area (TPSA) is 73.2 Å². The number of rotatable bonds is 4. The Labute approximate surface area is 133 Å². The van der Waals surface area contributed by atoms with Crippen LogP contribution in [0.5, 0.6) is 0 Å². The third-order valence-corrected chi connectivity index (χ3v) is 3.20. The molecule has 0 spiro atoms. The lowest BCUT2D eigenvalue weighted by molar-refractivity contribution is 0.0526. The molecule has 0 bridgehead atoms. The van der Waals surface area contributed by atoms with Crippen LogP contribution in [-0.4, -0.2) is 34.1 Å². The number of fused-ring (bicyclic) bond motifs is 1. The van der Waals surface area contributed by atoms with Gasteiger partial charge < -0.3 is 14.6 Å². The largest absolute Gasteiger partial charge is 0.444 e. The molecule has 2 rings (SSSR count). The van der Waals surface area contributed by atoms with Crippen LogP contribution in [0, 0.1) is 0 Å². The number of aromatic nitrogens is 2. The van der Waals surface area contributed by atoms with E-state index < -0.39 is 11.7 Å². The molecule has 0 atom stereocenters. The highest BCUT2D eigenvalue weighted by Gasteiger charge is 2.16. The van der Waals surface area contributed by atoms with Crippen LogP contribution in [0.25, 0.3) is 10.9 Å². The van der Waals surface area contributed by atoms with Crippen molar-refractivity contribution in [2.24, 2.45) is 0 Å². The van der Waals surface area contributed by atoms with Gasteiger partial charge in [0.25, 0.3) is 0 Å². The second kappa shape index (κ2) is 6.36. The van der Waals surface area contributed by atoms with Gasteiger partial charge in [-0.2, -0.15) is 0 Å². The lowest BCUT2D eigenvalue weighted by Gasteiger charge is -2.19. The van der Waals surface area contributed by atoms with Crippen molar-refractivity contribution in [3.8, 4) is 0 Å². The molecule has 22 heavy (non-hydrogen) atoms. The van der Waals surface area contributed by atoms with E-state index in [4.69, 9.17) is 16.3 Å². The van der Waals surface area contributed by atoms with E-state index in [0.29, 0.717) is 29.5 Å². The highest BCUT2D eigenvalue weighted by Crippen LogP contribution is 2.24. The van der Waals surface area contributed by atoms with Gasteiger partial charge in [-0.05, 0) is 32.9 Å². The van der Waals surface area contributed by atoms with Crippen molar-refractivity contribution in [3.63, 3.8) is 0 Å². The van der Waals surface area contributed by atoms with Crippen LogP contribution in [0.2, 0.25) is 5.15 Å². The van der Waals surface area contributed by atoms with Crippen LogP contribution in [-0.2, 0) is 11.3 Å². The Balaban J connectivity index is 2.11. The van der Waals surface area contributed by atoms with Gasteiger partial charge in [0, 0.05) is 24.7 Å². The van der Waals surface area contributed by atoms with E-state index in [-0.39, 0.29) is 0 Å². The standard InChI is InChI=1S/C15H18ClN3O3/c1-15(2,3)22-14(21)18-6-7-19-11(9-20)8-10-4-5-17-13(16)12(10)19/h4-5,8-9H,6-7H2,1-3H3,(H,18,21). The molecule has 7 heteroatoms. The second-order valence-corrected chi connectivity index (χ2v) is 6.16. The Morgan fingerprint density at radius 2 is 2.23 bits per heavy atom. The monoisotopic (exact) mass is 323 g/mol. The minimum absolute atomic E-state index is 0.310. The summed E-state index contributed by atoms with van der Waals surface area (Å²) in [6.07, 6.45) is 1.84. The number of amides is 1. The first kappa shape index (κ1) is 16.3. The molecule has 1 N–H and O–H groups in total. The number of carbonyl (C=O) groups excluding carboxylic acids is 2. The van der Waals surface area contributed by atoms with Gasteiger partial charge in [-0.25, -0.2) is 9.78 Å². The molecule has 118 valence electrons. The Morgan fingerprint density at radius 1 is 1.50 bits per heavy atom. The number of carbonyl (C=O) groups is 2. The van der Waals surface area contributed by atoms with Crippen molar-refractivity contribution < 1.29 is 14.3 Å². The molecule has 2 aromatic heterocycles. The molecule has 0 unspecified atom stereocenters. The van der Waals surface area contributed by atoms with Crippen LogP contribution in [0.3, 0.4) is 0 Å². The molecule has 0 aromatic carbocycles. The zero-order chi connectivity index (χ0) is 16.3. The van der Waals surface area contributed by atoms with E-state index in [0.717, 1.165) is 11.7 Å². The molecule has 6 nitrogen and oxygen atoms in total. The van der Waals surface area contributed by atoms with Crippen molar-refractivity contribution in [2.75, 3.05) is 6.54 Å². The minimum Gasteiger partial charge on any atom is -0.444 e. The Morgan fingerprint density at radius 3 is 2.86 bits per heavy atom. The maximum Gasteiger partial charge on any atom is 0.407 e. The minimum atomic E-state index is -0.550. The van der Waals surface area contributed by atoms with Crippen LogP contribution in [0.4, 0.5) is 4.79 Å². The molecule has 0 saturated carbocycles. The summed E-state index contributed by atoms with van der Waals surface area (Å²) in [5.41, 5.74) is 0.610. The van der Waals surface area contributed by atoms with E-state index in [9.17, 15) is 9.59 Å². The molecular formula is C15H18ClN3O3. The van der Waals surface area contributed by atoms with Crippen LogP contribution >= 0.6 is 11.6 Å². The summed E-state index contributed by atoms with van der Waals surface area (Å²) < 4.78 is 6.89. The second-order valence-electron chi connectivity index (χ2n) is 5.81. The quantitative estimate of drug-likeness (QED) is 0.693. The highest BCUT2D eigenvalue weighted by atomic mass is 35.5. The van der Waals surface area contributed by atoms with Gasteiger partial charge in [-0.3, -0.25) is 4.79 Å². The van der Waals surface area contributed by atoms with Gasteiger partial charge in [0.15, 0.2) is 11.4 Å². The first-order valence-electron chi connectivity index (χ1n) is 6.87. The highest BCUT2D eigenvalue weighted by molar-refractivity contribution is 6.34. The number of nitrogens with one attached hydrogen (secondary N) is 1. The Hall–Kier alpha value is -2.08. The van der Waals surface area contributed by atoms with E-state index >= 15 is 0 Å².